The van der Waals surface area contributed by atoms with Crippen molar-refractivity contribution in [3.05, 3.63) is 30.1 Å². The summed E-state index contributed by atoms with van der Waals surface area (Å²) in [4.78, 5) is 28.9. The van der Waals surface area contributed by atoms with Crippen LogP contribution in [0.1, 0.15) is 20.3 Å². The number of rotatable bonds is 2. The number of carbonyl (C=O) groups is 2. The first kappa shape index (κ1) is 11.7. The molecule has 0 unspecified atom stereocenters. The second-order valence-electron chi connectivity index (χ2n) is 4.45. The molecule has 0 aromatic carbocycles. The molecule has 0 spiro atoms. The Bertz CT molecular complexity index is 667. The lowest BCUT2D eigenvalue weighted by molar-refractivity contribution is -0.120. The van der Waals surface area contributed by atoms with Gasteiger partial charge in [-0.15, -0.1) is 0 Å². The molecule has 0 radical (unpaired) electrons. The van der Waals surface area contributed by atoms with Gasteiger partial charge in [-0.1, -0.05) is 13.0 Å². The van der Waals surface area contributed by atoms with Gasteiger partial charge in [0, 0.05) is 20.6 Å². The van der Waals surface area contributed by atoms with Gasteiger partial charge >= 0.3 is 6.03 Å². The first-order chi connectivity index (χ1) is 9.20. The van der Waals surface area contributed by atoms with E-state index in [4.69, 9.17) is 0 Å². The molecule has 1 fully saturated rings. The number of nitrogens with one attached hydrogen (secondary N) is 1. The first-order valence-corrected chi connectivity index (χ1v) is 6.27. The standard InChI is InChI=1S/C13H14N4O2.H2/c1-2-9-4-3-6-16-11(8-14-12(9)16)17-7-5-10(18)15-13(17)19;/h3-4,6,8H,2,5,7H2,1H3,(H,15,18,19);1H. The number of anilines is 1. The first-order valence-electron chi connectivity index (χ1n) is 6.27. The van der Waals surface area contributed by atoms with E-state index in [1.807, 2.05) is 22.7 Å². The highest BCUT2D eigenvalue weighted by molar-refractivity contribution is 6.05. The highest BCUT2D eigenvalue weighted by atomic mass is 16.2. The van der Waals surface area contributed by atoms with Crippen LogP contribution >= 0.6 is 0 Å². The third-order valence-electron chi connectivity index (χ3n) is 3.31. The summed E-state index contributed by atoms with van der Waals surface area (Å²) in [6.07, 6.45) is 4.74. The van der Waals surface area contributed by atoms with Crippen LogP contribution < -0.4 is 10.2 Å². The van der Waals surface area contributed by atoms with E-state index in [0.717, 1.165) is 17.6 Å². The molecule has 0 aliphatic carbocycles. The predicted octanol–water partition coefficient (Wildman–Crippen LogP) is 1.59. The fourth-order valence-corrected chi connectivity index (χ4v) is 2.31. The molecule has 1 aliphatic rings. The van der Waals surface area contributed by atoms with Crippen LogP contribution in [-0.2, 0) is 11.2 Å². The van der Waals surface area contributed by atoms with Crippen molar-refractivity contribution in [1.29, 1.82) is 0 Å². The Kier molecular flexibility index (Phi) is 2.70. The molecule has 1 N–H and O–H groups in total. The molecular formula is C13H16N4O2. The Morgan fingerprint density at radius 1 is 1.47 bits per heavy atom. The van der Waals surface area contributed by atoms with Crippen LogP contribution in [0.5, 0.6) is 0 Å². The van der Waals surface area contributed by atoms with E-state index in [1.165, 1.54) is 0 Å². The fourth-order valence-electron chi connectivity index (χ4n) is 2.31. The van der Waals surface area contributed by atoms with Gasteiger partial charge < -0.3 is 0 Å². The Balaban J connectivity index is 0.00000147. The van der Waals surface area contributed by atoms with Gasteiger partial charge in [0.1, 0.15) is 11.5 Å². The number of carbonyl (C=O) groups excluding carboxylic acids is 2. The summed E-state index contributed by atoms with van der Waals surface area (Å²) in [7, 11) is 0. The van der Waals surface area contributed by atoms with Crippen molar-refractivity contribution < 1.29 is 11.0 Å². The number of aromatic nitrogens is 2. The summed E-state index contributed by atoms with van der Waals surface area (Å²) in [5.74, 6) is 0.458. The highest BCUT2D eigenvalue weighted by Gasteiger charge is 2.26. The molecule has 1 saturated heterocycles. The largest absolute Gasteiger partial charge is 0.329 e. The maximum atomic E-state index is 11.9. The lowest BCUT2D eigenvalue weighted by atomic mass is 10.2. The van der Waals surface area contributed by atoms with E-state index in [2.05, 4.69) is 17.2 Å². The number of amides is 3. The predicted molar refractivity (Wildman–Crippen MR) is 72.2 cm³/mol. The van der Waals surface area contributed by atoms with Crippen molar-refractivity contribution in [3.8, 4) is 0 Å². The van der Waals surface area contributed by atoms with Gasteiger partial charge in [0.25, 0.3) is 0 Å². The number of nitrogens with zero attached hydrogens (tertiary/aromatic N) is 3. The van der Waals surface area contributed by atoms with Crippen LogP contribution in [0.3, 0.4) is 0 Å². The highest BCUT2D eigenvalue weighted by Crippen LogP contribution is 2.21. The summed E-state index contributed by atoms with van der Waals surface area (Å²) in [5, 5.41) is 2.32. The topological polar surface area (TPSA) is 66.7 Å². The summed E-state index contributed by atoms with van der Waals surface area (Å²) in [6.45, 7) is 2.45. The quantitative estimate of drug-likeness (QED) is 0.891. The third-order valence-corrected chi connectivity index (χ3v) is 3.31. The average Bonchev–Trinajstić information content (AvgIpc) is 2.82. The smallest absolute Gasteiger partial charge is 0.286 e. The number of fused-ring (bicyclic) bond motifs is 1. The van der Waals surface area contributed by atoms with E-state index in [9.17, 15) is 9.59 Å². The molecule has 0 saturated carbocycles. The summed E-state index contributed by atoms with van der Waals surface area (Å²) >= 11 is 0. The molecule has 1 aliphatic heterocycles. The number of hydrogen-bond acceptors (Lipinski definition) is 3. The zero-order valence-electron chi connectivity index (χ0n) is 10.6. The lowest BCUT2D eigenvalue weighted by Crippen LogP contribution is -2.50. The number of hydrogen-bond donors (Lipinski definition) is 1. The Morgan fingerprint density at radius 2 is 2.32 bits per heavy atom. The van der Waals surface area contributed by atoms with Crippen LogP contribution in [0, 0.1) is 0 Å². The molecule has 6 nitrogen and oxygen atoms in total. The van der Waals surface area contributed by atoms with Crippen molar-refractivity contribution in [2.24, 2.45) is 0 Å². The Morgan fingerprint density at radius 3 is 3.05 bits per heavy atom. The molecule has 100 valence electrons. The van der Waals surface area contributed by atoms with Gasteiger partial charge in [0.2, 0.25) is 5.91 Å². The van der Waals surface area contributed by atoms with Crippen LogP contribution in [0.25, 0.3) is 5.65 Å². The van der Waals surface area contributed by atoms with E-state index in [1.54, 1.807) is 11.1 Å². The minimum atomic E-state index is -0.389. The Hall–Kier alpha value is -2.37. The minimum Gasteiger partial charge on any atom is -0.286 e. The van der Waals surface area contributed by atoms with Crippen molar-refractivity contribution in [1.82, 2.24) is 14.7 Å². The molecule has 0 atom stereocenters. The minimum absolute atomic E-state index is 0. The van der Waals surface area contributed by atoms with Crippen LogP contribution in [0.15, 0.2) is 24.5 Å². The zero-order valence-corrected chi connectivity index (χ0v) is 10.6. The van der Waals surface area contributed by atoms with Gasteiger partial charge in [-0.25, -0.2) is 9.78 Å². The van der Waals surface area contributed by atoms with Crippen molar-refractivity contribution in [2.45, 2.75) is 19.8 Å². The molecule has 19 heavy (non-hydrogen) atoms. The van der Waals surface area contributed by atoms with Crippen molar-refractivity contribution in [3.63, 3.8) is 0 Å². The molecule has 3 heterocycles. The average molecular weight is 260 g/mol. The van der Waals surface area contributed by atoms with Crippen LogP contribution in [-0.4, -0.2) is 27.9 Å². The Labute approximate surface area is 111 Å². The maximum absolute atomic E-state index is 11.9. The molecule has 2 aromatic rings. The molecule has 6 heteroatoms. The SMILES string of the molecule is CCc1cccn2c(N3CCC(=O)NC3=O)cnc12.[HH]. The number of urea groups is 1. The third kappa shape index (κ3) is 1.85. The monoisotopic (exact) mass is 260 g/mol. The summed E-state index contributed by atoms with van der Waals surface area (Å²) in [5.41, 5.74) is 1.98. The van der Waals surface area contributed by atoms with Gasteiger partial charge in [-0.3, -0.25) is 19.4 Å². The fraction of sp³-hybridized carbons (Fsp3) is 0.308. The van der Waals surface area contributed by atoms with Crippen molar-refractivity contribution >= 4 is 23.4 Å². The zero-order chi connectivity index (χ0) is 13.4. The van der Waals surface area contributed by atoms with E-state index in [0.29, 0.717) is 18.8 Å². The van der Waals surface area contributed by atoms with Crippen LogP contribution in [0.2, 0.25) is 0 Å². The second kappa shape index (κ2) is 4.38. The normalized spacial score (nSPS) is 15.9. The number of imidazole rings is 1. The number of imide groups is 1. The van der Waals surface area contributed by atoms with Gasteiger partial charge in [0.05, 0.1) is 6.20 Å². The lowest BCUT2D eigenvalue weighted by Gasteiger charge is -2.25. The summed E-state index contributed by atoms with van der Waals surface area (Å²) < 4.78 is 1.88. The maximum Gasteiger partial charge on any atom is 0.329 e. The number of pyridine rings is 1. The molecular weight excluding hydrogens is 244 g/mol. The van der Waals surface area contributed by atoms with Gasteiger partial charge in [0.15, 0.2) is 0 Å². The molecule has 0 bridgehead atoms. The van der Waals surface area contributed by atoms with Crippen LogP contribution in [0.4, 0.5) is 10.6 Å². The molecule has 2 aromatic heterocycles. The van der Waals surface area contributed by atoms with Crippen molar-refractivity contribution in [2.75, 3.05) is 11.4 Å². The summed E-state index contributed by atoms with van der Waals surface area (Å²) in [6, 6.07) is 3.57. The van der Waals surface area contributed by atoms with Gasteiger partial charge in [-0.05, 0) is 18.1 Å². The van der Waals surface area contributed by atoms with E-state index in [-0.39, 0.29) is 13.4 Å². The molecule has 3 rings (SSSR count). The second-order valence-corrected chi connectivity index (χ2v) is 4.45. The number of aryl methyl sites for hydroxylation is 1. The van der Waals surface area contributed by atoms with E-state index >= 15 is 0 Å². The molecule has 3 amide bonds. The van der Waals surface area contributed by atoms with E-state index < -0.39 is 0 Å². The van der Waals surface area contributed by atoms with Gasteiger partial charge in [-0.2, -0.15) is 0 Å².